The lowest BCUT2D eigenvalue weighted by atomic mass is 9.81. The molecule has 1 aliphatic carbocycles. The minimum atomic E-state index is -0.812. The van der Waals surface area contributed by atoms with E-state index in [1.807, 2.05) is 6.07 Å². The second-order valence-electron chi connectivity index (χ2n) is 7.37. The number of nitriles is 1. The monoisotopic (exact) mass is 425 g/mol. The number of aromatic nitrogens is 1. The van der Waals surface area contributed by atoms with Crippen molar-refractivity contribution in [1.82, 2.24) is 4.98 Å². The topological polar surface area (TPSA) is 113 Å². The molecule has 1 saturated carbocycles. The fourth-order valence-electron chi connectivity index (χ4n) is 4.16. The summed E-state index contributed by atoms with van der Waals surface area (Å²) in [4.78, 5) is 21.2. The summed E-state index contributed by atoms with van der Waals surface area (Å²) >= 11 is 1.47. The van der Waals surface area contributed by atoms with E-state index in [0.717, 1.165) is 12.2 Å². The van der Waals surface area contributed by atoms with Crippen LogP contribution in [-0.4, -0.2) is 35.0 Å². The van der Waals surface area contributed by atoms with Gasteiger partial charge in [-0.15, -0.1) is 0 Å². The van der Waals surface area contributed by atoms with Gasteiger partial charge < -0.3 is 15.8 Å². The van der Waals surface area contributed by atoms with Crippen molar-refractivity contribution in [2.24, 2.45) is 16.6 Å². The third kappa shape index (κ3) is 3.64. The summed E-state index contributed by atoms with van der Waals surface area (Å²) in [6.07, 6.45) is 2.59. The van der Waals surface area contributed by atoms with Crippen LogP contribution in [0.2, 0.25) is 0 Å². The Morgan fingerprint density at radius 3 is 2.97 bits per heavy atom. The van der Waals surface area contributed by atoms with Crippen LogP contribution >= 0.6 is 11.8 Å². The molecule has 2 aromatic rings. The van der Waals surface area contributed by atoms with Gasteiger partial charge in [0.15, 0.2) is 5.17 Å². The Hall–Kier alpha value is -2.96. The maximum absolute atomic E-state index is 15.0. The number of hydrogen-bond donors (Lipinski definition) is 2. The number of amides is 1. The Morgan fingerprint density at radius 2 is 2.27 bits per heavy atom. The lowest BCUT2D eigenvalue weighted by molar-refractivity contribution is 0.101. The number of benzene rings is 1. The summed E-state index contributed by atoms with van der Waals surface area (Å²) in [6.45, 7) is 0. The molecule has 3 atom stereocenters. The molecule has 154 valence electrons. The molecule has 9 heteroatoms. The Morgan fingerprint density at radius 1 is 1.43 bits per heavy atom. The van der Waals surface area contributed by atoms with Crippen molar-refractivity contribution in [2.45, 2.75) is 24.5 Å². The van der Waals surface area contributed by atoms with E-state index in [0.29, 0.717) is 28.4 Å². The number of hydrogen-bond acceptors (Lipinski definition) is 7. The first-order valence-electron chi connectivity index (χ1n) is 9.43. The molecule has 1 aromatic carbocycles. The second-order valence-corrected chi connectivity index (χ2v) is 8.41. The number of thioether (sulfide) groups is 1. The number of rotatable bonds is 4. The van der Waals surface area contributed by atoms with Gasteiger partial charge in [-0.1, -0.05) is 11.8 Å². The fourth-order valence-corrected chi connectivity index (χ4v) is 5.17. The average Bonchev–Trinajstić information content (AvgIpc) is 3.14. The number of nitrogens with one attached hydrogen (secondary N) is 1. The van der Waals surface area contributed by atoms with Crippen molar-refractivity contribution in [1.29, 1.82) is 5.26 Å². The van der Waals surface area contributed by atoms with E-state index in [9.17, 15) is 9.18 Å². The molecule has 1 aliphatic heterocycles. The Balaban J connectivity index is 1.67. The molecule has 3 unspecified atom stereocenters. The first-order chi connectivity index (χ1) is 14.4. The summed E-state index contributed by atoms with van der Waals surface area (Å²) in [5.74, 6) is -0.0231. The zero-order chi connectivity index (χ0) is 21.3. The summed E-state index contributed by atoms with van der Waals surface area (Å²) in [5, 5.41) is 12.0. The van der Waals surface area contributed by atoms with Gasteiger partial charge in [0, 0.05) is 42.6 Å². The number of nitrogens with zero attached hydrogens (tertiary/aromatic N) is 3. The highest BCUT2D eigenvalue weighted by Gasteiger charge is 2.52. The molecule has 0 bridgehead atoms. The molecular formula is C21H20FN5O2S. The van der Waals surface area contributed by atoms with Crippen LogP contribution in [0.1, 0.15) is 34.5 Å². The molecule has 2 heterocycles. The molecule has 1 fully saturated rings. The van der Waals surface area contributed by atoms with Crippen LogP contribution in [0.15, 0.2) is 41.5 Å². The van der Waals surface area contributed by atoms with Gasteiger partial charge >= 0.3 is 0 Å². The lowest BCUT2D eigenvalue weighted by Gasteiger charge is -2.36. The number of aliphatic imine (C=N–C) groups is 1. The van der Waals surface area contributed by atoms with Crippen LogP contribution in [-0.2, 0) is 10.3 Å². The SMILES string of the molecule is COC1CC2CSC(N)=NC2(c2cc(NC(=O)c3ccc(C#N)cn3)ccc2F)C1. The van der Waals surface area contributed by atoms with Crippen LogP contribution in [0, 0.1) is 23.1 Å². The first-order valence-corrected chi connectivity index (χ1v) is 10.4. The highest BCUT2D eigenvalue weighted by atomic mass is 32.2. The summed E-state index contributed by atoms with van der Waals surface area (Å²) in [6, 6.07) is 9.39. The maximum atomic E-state index is 15.0. The largest absolute Gasteiger partial charge is 0.381 e. The Kier molecular flexibility index (Phi) is 5.45. The molecule has 4 rings (SSSR count). The second kappa shape index (κ2) is 8.05. The van der Waals surface area contributed by atoms with Crippen LogP contribution in [0.5, 0.6) is 0 Å². The van der Waals surface area contributed by atoms with Crippen molar-refractivity contribution >= 4 is 28.5 Å². The third-order valence-electron chi connectivity index (χ3n) is 5.65. The third-order valence-corrected chi connectivity index (χ3v) is 6.61. The van der Waals surface area contributed by atoms with Crippen molar-refractivity contribution < 1.29 is 13.9 Å². The van der Waals surface area contributed by atoms with E-state index < -0.39 is 17.3 Å². The van der Waals surface area contributed by atoms with Gasteiger partial charge in [-0.05, 0) is 36.8 Å². The average molecular weight is 425 g/mol. The van der Waals surface area contributed by atoms with Gasteiger partial charge in [0.05, 0.1) is 17.2 Å². The van der Waals surface area contributed by atoms with E-state index in [4.69, 9.17) is 15.7 Å². The van der Waals surface area contributed by atoms with Crippen LogP contribution < -0.4 is 11.1 Å². The molecule has 1 amide bonds. The van der Waals surface area contributed by atoms with E-state index in [-0.39, 0.29) is 17.7 Å². The number of methoxy groups -OCH3 is 1. The van der Waals surface area contributed by atoms with E-state index >= 15 is 0 Å². The van der Waals surface area contributed by atoms with Gasteiger partial charge in [-0.2, -0.15) is 5.26 Å². The number of amidine groups is 1. The minimum absolute atomic E-state index is 0.0363. The smallest absolute Gasteiger partial charge is 0.274 e. The quantitative estimate of drug-likeness (QED) is 0.778. The van der Waals surface area contributed by atoms with E-state index in [1.165, 1.54) is 42.2 Å². The summed E-state index contributed by atoms with van der Waals surface area (Å²) in [7, 11) is 1.65. The summed E-state index contributed by atoms with van der Waals surface area (Å²) in [5.41, 5.74) is 6.56. The standard InChI is InChI=1S/C21H20FN5O2S/c1-29-15-6-13-11-30-20(24)27-21(13,8-15)16-7-14(3-4-17(16)22)26-19(28)18-5-2-12(9-23)10-25-18/h2-5,7,10,13,15H,6,8,11H2,1H3,(H2,24,27)(H,26,28). The van der Waals surface area contributed by atoms with Gasteiger partial charge in [0.25, 0.3) is 5.91 Å². The fraction of sp³-hybridized carbons (Fsp3) is 0.333. The van der Waals surface area contributed by atoms with E-state index in [2.05, 4.69) is 15.3 Å². The highest BCUT2D eigenvalue weighted by molar-refractivity contribution is 8.13. The molecule has 30 heavy (non-hydrogen) atoms. The van der Waals surface area contributed by atoms with Gasteiger partial charge in [0.1, 0.15) is 17.6 Å². The number of carbonyl (C=O) groups is 1. The number of carbonyl (C=O) groups excluding carboxylic acids is 1. The first kappa shape index (κ1) is 20.3. The molecule has 1 aromatic heterocycles. The number of pyridine rings is 1. The zero-order valence-electron chi connectivity index (χ0n) is 16.3. The molecule has 0 radical (unpaired) electrons. The van der Waals surface area contributed by atoms with Crippen LogP contribution in [0.4, 0.5) is 10.1 Å². The predicted octanol–water partition coefficient (Wildman–Crippen LogP) is 3.03. The van der Waals surface area contributed by atoms with Gasteiger partial charge in [-0.25, -0.2) is 9.37 Å². The maximum Gasteiger partial charge on any atom is 0.274 e. The molecule has 7 nitrogen and oxygen atoms in total. The highest BCUT2D eigenvalue weighted by Crippen LogP contribution is 2.52. The number of anilines is 1. The predicted molar refractivity (Wildman–Crippen MR) is 113 cm³/mol. The van der Waals surface area contributed by atoms with E-state index in [1.54, 1.807) is 13.2 Å². The van der Waals surface area contributed by atoms with Crippen molar-refractivity contribution in [3.8, 4) is 6.07 Å². The Bertz CT molecular complexity index is 1050. The molecule has 0 saturated heterocycles. The number of fused-ring (bicyclic) bond motifs is 1. The van der Waals surface area contributed by atoms with Crippen molar-refractivity contribution in [3.63, 3.8) is 0 Å². The number of ether oxygens (including phenoxy) is 1. The van der Waals surface area contributed by atoms with Crippen LogP contribution in [0.25, 0.3) is 0 Å². The zero-order valence-corrected chi connectivity index (χ0v) is 17.1. The number of halogens is 1. The summed E-state index contributed by atoms with van der Waals surface area (Å²) < 4.78 is 20.5. The molecule has 0 spiro atoms. The van der Waals surface area contributed by atoms with Crippen LogP contribution in [0.3, 0.4) is 0 Å². The van der Waals surface area contributed by atoms with Gasteiger partial charge in [0.2, 0.25) is 0 Å². The molecule has 2 aliphatic rings. The van der Waals surface area contributed by atoms with Gasteiger partial charge in [-0.3, -0.25) is 9.79 Å². The Labute approximate surface area is 177 Å². The number of nitrogens with two attached hydrogens (primary N) is 1. The van der Waals surface area contributed by atoms with Crippen molar-refractivity contribution in [2.75, 3.05) is 18.2 Å². The molecular weight excluding hydrogens is 405 g/mol. The normalized spacial score (nSPS) is 25.2. The van der Waals surface area contributed by atoms with Crippen molar-refractivity contribution in [3.05, 3.63) is 59.2 Å². The molecule has 3 N–H and O–H groups in total. The lowest BCUT2D eigenvalue weighted by Crippen LogP contribution is -2.37. The minimum Gasteiger partial charge on any atom is -0.381 e.